The number of anilines is 2. The maximum absolute atomic E-state index is 5.68. The van der Waals surface area contributed by atoms with E-state index < -0.39 is 0 Å². The van der Waals surface area contributed by atoms with Gasteiger partial charge < -0.3 is 20.1 Å². The molecule has 2 aromatic rings. The molecule has 2 heterocycles. The molecular formula is C13H15N3O2S. The third-order valence-corrected chi connectivity index (χ3v) is 3.69. The van der Waals surface area contributed by atoms with Crippen molar-refractivity contribution in [1.82, 2.24) is 4.98 Å². The third-order valence-electron chi connectivity index (χ3n) is 3.02. The standard InChI is InChI=1S/C13H15N3O2S/c1-17-8-16-4-5-18-12-3-2-9(6-11(12)16)10-7-19-13(14)15-10/h2-3,6-7H,4-5,8H2,1H3,(H2,14,15). The summed E-state index contributed by atoms with van der Waals surface area (Å²) in [4.78, 5) is 6.46. The molecule has 0 atom stereocenters. The first-order valence-electron chi connectivity index (χ1n) is 6.00. The van der Waals surface area contributed by atoms with Crippen LogP contribution in [0.15, 0.2) is 23.6 Å². The van der Waals surface area contributed by atoms with E-state index in [1.807, 2.05) is 17.5 Å². The highest BCUT2D eigenvalue weighted by molar-refractivity contribution is 7.13. The van der Waals surface area contributed by atoms with Gasteiger partial charge in [-0.25, -0.2) is 4.98 Å². The fraction of sp³-hybridized carbons (Fsp3) is 0.308. The zero-order valence-corrected chi connectivity index (χ0v) is 11.4. The van der Waals surface area contributed by atoms with Crippen molar-refractivity contribution in [2.45, 2.75) is 0 Å². The SMILES string of the molecule is COCN1CCOc2ccc(-c3csc(N)n3)cc21. The lowest BCUT2D eigenvalue weighted by atomic mass is 10.1. The molecule has 0 bridgehead atoms. The van der Waals surface area contributed by atoms with Gasteiger partial charge in [-0.05, 0) is 18.2 Å². The highest BCUT2D eigenvalue weighted by atomic mass is 32.1. The Morgan fingerprint density at radius 3 is 3.16 bits per heavy atom. The minimum absolute atomic E-state index is 0.555. The van der Waals surface area contributed by atoms with Crippen LogP contribution in [0.4, 0.5) is 10.8 Å². The average molecular weight is 277 g/mol. The van der Waals surface area contributed by atoms with Gasteiger partial charge in [0.05, 0.1) is 17.9 Å². The van der Waals surface area contributed by atoms with E-state index in [1.165, 1.54) is 11.3 Å². The number of hydrogen-bond donors (Lipinski definition) is 1. The van der Waals surface area contributed by atoms with Gasteiger partial charge in [-0.2, -0.15) is 0 Å². The number of rotatable bonds is 3. The first-order valence-corrected chi connectivity index (χ1v) is 6.88. The second-order valence-corrected chi connectivity index (χ2v) is 5.17. The van der Waals surface area contributed by atoms with Crippen molar-refractivity contribution in [1.29, 1.82) is 0 Å². The number of hydrogen-bond acceptors (Lipinski definition) is 6. The second kappa shape index (κ2) is 5.07. The fourth-order valence-corrected chi connectivity index (χ4v) is 2.71. The second-order valence-electron chi connectivity index (χ2n) is 4.28. The van der Waals surface area contributed by atoms with E-state index in [1.54, 1.807) is 7.11 Å². The van der Waals surface area contributed by atoms with Crippen molar-refractivity contribution in [3.63, 3.8) is 0 Å². The molecule has 0 spiro atoms. The van der Waals surface area contributed by atoms with Crippen LogP contribution in [0.25, 0.3) is 11.3 Å². The molecule has 1 aliphatic heterocycles. The summed E-state index contributed by atoms with van der Waals surface area (Å²) < 4.78 is 10.9. The Labute approximate surface area is 115 Å². The molecule has 0 saturated carbocycles. The highest BCUT2D eigenvalue weighted by Crippen LogP contribution is 2.36. The van der Waals surface area contributed by atoms with Crippen molar-refractivity contribution in [3.05, 3.63) is 23.6 Å². The topological polar surface area (TPSA) is 60.6 Å². The molecule has 5 nitrogen and oxygen atoms in total. The summed E-state index contributed by atoms with van der Waals surface area (Å²) in [5, 5.41) is 2.54. The Morgan fingerprint density at radius 2 is 2.42 bits per heavy atom. The molecule has 0 aliphatic carbocycles. The molecular weight excluding hydrogens is 262 g/mol. The van der Waals surface area contributed by atoms with E-state index in [4.69, 9.17) is 15.2 Å². The Balaban J connectivity index is 1.99. The first kappa shape index (κ1) is 12.3. The normalized spacial score (nSPS) is 14.1. The van der Waals surface area contributed by atoms with E-state index in [0.717, 1.165) is 29.2 Å². The van der Waals surface area contributed by atoms with Crippen LogP contribution >= 0.6 is 11.3 Å². The number of benzene rings is 1. The Morgan fingerprint density at radius 1 is 1.53 bits per heavy atom. The van der Waals surface area contributed by atoms with Crippen LogP contribution in [0, 0.1) is 0 Å². The van der Waals surface area contributed by atoms with Crippen LogP contribution in [-0.2, 0) is 4.74 Å². The molecule has 0 fully saturated rings. The van der Waals surface area contributed by atoms with Gasteiger partial charge in [-0.3, -0.25) is 0 Å². The molecule has 3 rings (SSSR count). The number of aromatic nitrogens is 1. The fourth-order valence-electron chi connectivity index (χ4n) is 2.14. The van der Waals surface area contributed by atoms with E-state index in [0.29, 0.717) is 18.5 Å². The maximum atomic E-state index is 5.68. The van der Waals surface area contributed by atoms with Crippen LogP contribution in [0.1, 0.15) is 0 Å². The molecule has 0 radical (unpaired) electrons. The molecule has 6 heteroatoms. The molecule has 1 aromatic heterocycles. The van der Waals surface area contributed by atoms with Crippen molar-refractivity contribution in [3.8, 4) is 17.0 Å². The number of nitrogens with zero attached hydrogens (tertiary/aromatic N) is 2. The Bertz CT molecular complexity index is 585. The maximum Gasteiger partial charge on any atom is 0.180 e. The number of thiazole rings is 1. The largest absolute Gasteiger partial charge is 0.490 e. The molecule has 0 amide bonds. The van der Waals surface area contributed by atoms with E-state index in [9.17, 15) is 0 Å². The minimum atomic E-state index is 0.555. The lowest BCUT2D eigenvalue weighted by molar-refractivity contribution is 0.184. The van der Waals surface area contributed by atoms with Gasteiger partial charge in [0.1, 0.15) is 19.1 Å². The van der Waals surface area contributed by atoms with E-state index >= 15 is 0 Å². The highest BCUT2D eigenvalue weighted by Gasteiger charge is 2.18. The zero-order chi connectivity index (χ0) is 13.2. The van der Waals surface area contributed by atoms with Gasteiger partial charge in [0, 0.05) is 18.1 Å². The predicted molar refractivity (Wildman–Crippen MR) is 76.7 cm³/mol. The van der Waals surface area contributed by atoms with Gasteiger partial charge in [-0.15, -0.1) is 11.3 Å². The van der Waals surface area contributed by atoms with Gasteiger partial charge >= 0.3 is 0 Å². The van der Waals surface area contributed by atoms with Gasteiger partial charge in [0.25, 0.3) is 0 Å². The van der Waals surface area contributed by atoms with E-state index in [2.05, 4.69) is 16.0 Å². The van der Waals surface area contributed by atoms with Crippen molar-refractivity contribution >= 4 is 22.2 Å². The molecule has 0 saturated heterocycles. The van der Waals surface area contributed by atoms with Crippen LogP contribution in [0.5, 0.6) is 5.75 Å². The summed E-state index contributed by atoms with van der Waals surface area (Å²) >= 11 is 1.44. The van der Waals surface area contributed by atoms with Crippen LogP contribution in [0.3, 0.4) is 0 Å². The molecule has 2 N–H and O–H groups in total. The van der Waals surface area contributed by atoms with Crippen molar-refractivity contribution in [2.24, 2.45) is 0 Å². The number of methoxy groups -OCH3 is 1. The summed E-state index contributed by atoms with van der Waals surface area (Å²) in [6.07, 6.45) is 0. The number of nitrogen functional groups attached to an aromatic ring is 1. The number of fused-ring (bicyclic) bond motifs is 1. The van der Waals surface area contributed by atoms with Crippen molar-refractivity contribution < 1.29 is 9.47 Å². The van der Waals surface area contributed by atoms with E-state index in [-0.39, 0.29) is 0 Å². The monoisotopic (exact) mass is 277 g/mol. The third kappa shape index (κ3) is 2.36. The summed E-state index contributed by atoms with van der Waals surface area (Å²) in [5.41, 5.74) is 8.66. The lowest BCUT2D eigenvalue weighted by Crippen LogP contribution is -2.34. The van der Waals surface area contributed by atoms with Crippen LogP contribution in [0.2, 0.25) is 0 Å². The van der Waals surface area contributed by atoms with Crippen molar-refractivity contribution in [2.75, 3.05) is 37.6 Å². The number of nitrogens with two attached hydrogens (primary N) is 1. The quantitative estimate of drug-likeness (QED) is 0.932. The predicted octanol–water partition coefficient (Wildman–Crippen LogP) is 2.20. The minimum Gasteiger partial charge on any atom is -0.490 e. The van der Waals surface area contributed by atoms with Crippen LogP contribution in [-0.4, -0.2) is 32.0 Å². The van der Waals surface area contributed by atoms with Gasteiger partial charge in [-0.1, -0.05) is 0 Å². The summed E-state index contributed by atoms with van der Waals surface area (Å²) in [6.45, 7) is 2.06. The smallest absolute Gasteiger partial charge is 0.180 e. The first-order chi connectivity index (χ1) is 9.28. The number of ether oxygens (including phenoxy) is 2. The molecule has 1 aromatic carbocycles. The van der Waals surface area contributed by atoms with Gasteiger partial charge in [0.15, 0.2) is 5.13 Å². The zero-order valence-electron chi connectivity index (χ0n) is 10.6. The van der Waals surface area contributed by atoms with Gasteiger partial charge in [0.2, 0.25) is 0 Å². The molecule has 100 valence electrons. The molecule has 0 unspecified atom stereocenters. The Hall–Kier alpha value is -1.79. The summed E-state index contributed by atoms with van der Waals surface area (Å²) in [6, 6.07) is 6.05. The summed E-state index contributed by atoms with van der Waals surface area (Å²) in [7, 11) is 1.69. The lowest BCUT2D eigenvalue weighted by Gasteiger charge is -2.30. The summed E-state index contributed by atoms with van der Waals surface area (Å²) in [5.74, 6) is 0.884. The molecule has 19 heavy (non-hydrogen) atoms. The molecule has 1 aliphatic rings. The van der Waals surface area contributed by atoms with Crippen LogP contribution < -0.4 is 15.4 Å². The Kier molecular flexibility index (Phi) is 3.27. The average Bonchev–Trinajstić information content (AvgIpc) is 2.86.